The van der Waals surface area contributed by atoms with Gasteiger partial charge in [-0.3, -0.25) is 9.97 Å². The maximum atomic E-state index is 12.1. The highest BCUT2D eigenvalue weighted by molar-refractivity contribution is 5.69. The molecule has 2 aromatic heterocycles. The number of fused-ring (bicyclic) bond motifs is 2. The van der Waals surface area contributed by atoms with Crippen LogP contribution in [0.1, 0.15) is 45.0 Å². The Labute approximate surface area is 206 Å². The Bertz CT molecular complexity index is 1210. The number of aromatic nitrogens is 4. The summed E-state index contributed by atoms with van der Waals surface area (Å²) in [5.74, 6) is 14.1. The Balaban J connectivity index is 0.000000156. The van der Waals surface area contributed by atoms with Crippen molar-refractivity contribution in [2.45, 2.75) is 39.2 Å². The predicted molar refractivity (Wildman–Crippen MR) is 130 cm³/mol. The molecule has 2 saturated carbocycles. The van der Waals surface area contributed by atoms with Crippen molar-refractivity contribution in [1.82, 2.24) is 30.2 Å². The van der Waals surface area contributed by atoms with Gasteiger partial charge in [-0.05, 0) is 63.8 Å². The van der Waals surface area contributed by atoms with Crippen LogP contribution in [0.25, 0.3) is 0 Å². The highest BCUT2D eigenvalue weighted by atomic mass is 16.6. The second kappa shape index (κ2) is 8.94. The minimum absolute atomic E-state index is 0.0611. The molecule has 4 atom stereocenters. The Hall–Kier alpha value is -3.49. The van der Waals surface area contributed by atoms with Crippen LogP contribution < -0.4 is 5.32 Å². The summed E-state index contributed by atoms with van der Waals surface area (Å²) in [5.41, 5.74) is 1.21. The summed E-state index contributed by atoms with van der Waals surface area (Å²) in [5, 5.41) is 3.36. The highest BCUT2D eigenvalue weighted by Gasteiger charge is 2.60. The van der Waals surface area contributed by atoms with Crippen LogP contribution in [-0.2, 0) is 4.74 Å². The molecule has 35 heavy (non-hydrogen) atoms. The van der Waals surface area contributed by atoms with E-state index in [1.165, 1.54) is 6.42 Å². The highest BCUT2D eigenvalue weighted by Crippen LogP contribution is 2.57. The number of nitrogens with one attached hydrogen (secondary N) is 1. The molecule has 0 aromatic carbocycles. The van der Waals surface area contributed by atoms with E-state index in [0.717, 1.165) is 37.7 Å². The van der Waals surface area contributed by atoms with Gasteiger partial charge in [0.05, 0.1) is 17.8 Å². The molecule has 8 heteroatoms. The first-order chi connectivity index (χ1) is 16.8. The second-order valence-corrected chi connectivity index (χ2v) is 10.8. The fraction of sp³-hybridized carbons (Fsp3) is 0.519. The van der Waals surface area contributed by atoms with E-state index in [9.17, 15) is 4.79 Å². The lowest BCUT2D eigenvalue weighted by molar-refractivity contribution is 0.0268. The fourth-order valence-corrected chi connectivity index (χ4v) is 4.78. The molecule has 1 N–H and O–H groups in total. The number of rotatable bonds is 0. The summed E-state index contributed by atoms with van der Waals surface area (Å²) in [6, 6.07) is 0. The predicted octanol–water partition coefficient (Wildman–Crippen LogP) is 2.52. The molecule has 4 heterocycles. The van der Waals surface area contributed by atoms with Gasteiger partial charge in [0.25, 0.3) is 0 Å². The molecule has 4 aliphatic rings. The van der Waals surface area contributed by atoms with E-state index in [1.807, 2.05) is 20.8 Å². The van der Waals surface area contributed by atoms with E-state index < -0.39 is 5.60 Å². The largest absolute Gasteiger partial charge is 0.444 e. The number of piperidine rings is 2. The lowest BCUT2D eigenvalue weighted by atomic mass is 10.1. The van der Waals surface area contributed by atoms with Crippen molar-refractivity contribution >= 4 is 6.09 Å². The standard InChI is InChI=1S/C16H19N3O2.C11H11N3/c1-15(2,3)21-14(20)19-10-12-8-16(12,11-19)5-4-13-9-17-6-7-18-13;1(10-7-12-3-4-14-10)2-11-5-9(11)6-13-8-11/h6-7,9,12H,8,10-11H2,1-3H3;3-4,7,9,13H,5-6,8H2. The molecule has 180 valence electrons. The average Bonchev–Trinajstić information content (AvgIpc) is 3.62. The number of carbonyl (C=O) groups is 1. The van der Waals surface area contributed by atoms with Gasteiger partial charge < -0.3 is 15.0 Å². The molecular formula is C27H30N6O2. The number of hydrogen-bond donors (Lipinski definition) is 1. The first-order valence-electron chi connectivity index (χ1n) is 12.0. The minimum Gasteiger partial charge on any atom is -0.444 e. The Morgan fingerprint density at radius 2 is 1.63 bits per heavy atom. The van der Waals surface area contributed by atoms with E-state index in [-0.39, 0.29) is 16.9 Å². The SMILES string of the molecule is C(#CC12CNCC1C2)c1cnccn1.CC(C)(C)OC(=O)N1CC2CC2(C#Cc2cnccn2)C1. The molecule has 6 rings (SSSR count). The van der Waals surface area contributed by atoms with Gasteiger partial charge in [0.15, 0.2) is 0 Å². The summed E-state index contributed by atoms with van der Waals surface area (Å²) < 4.78 is 5.41. The molecule has 4 fully saturated rings. The molecule has 8 nitrogen and oxygen atoms in total. The summed E-state index contributed by atoms with van der Waals surface area (Å²) in [7, 11) is 0. The van der Waals surface area contributed by atoms with Crippen molar-refractivity contribution in [2.75, 3.05) is 26.2 Å². The van der Waals surface area contributed by atoms with E-state index in [4.69, 9.17) is 4.74 Å². The number of ether oxygens (including phenoxy) is 1. The van der Waals surface area contributed by atoms with Gasteiger partial charge in [-0.1, -0.05) is 11.8 Å². The number of carbonyl (C=O) groups excluding carboxylic acids is 1. The zero-order valence-electron chi connectivity index (χ0n) is 20.4. The monoisotopic (exact) mass is 470 g/mol. The van der Waals surface area contributed by atoms with Gasteiger partial charge in [-0.25, -0.2) is 14.8 Å². The summed E-state index contributed by atoms with van der Waals surface area (Å²) in [6.45, 7) is 9.21. The Kier molecular flexibility index (Phi) is 5.94. The first kappa shape index (κ1) is 23.3. The van der Waals surface area contributed by atoms with Crippen LogP contribution in [0.4, 0.5) is 4.79 Å². The average molecular weight is 471 g/mol. The van der Waals surface area contributed by atoms with Crippen molar-refractivity contribution in [2.24, 2.45) is 22.7 Å². The quantitative estimate of drug-likeness (QED) is 0.592. The first-order valence-corrected chi connectivity index (χ1v) is 12.0. The normalized spacial score (nSPS) is 29.2. The topological polar surface area (TPSA) is 93.1 Å². The molecular weight excluding hydrogens is 440 g/mol. The molecule has 2 aliphatic carbocycles. The van der Waals surface area contributed by atoms with Gasteiger partial charge in [0, 0.05) is 49.8 Å². The van der Waals surface area contributed by atoms with Gasteiger partial charge in [0.2, 0.25) is 0 Å². The lowest BCUT2D eigenvalue weighted by Crippen LogP contribution is -2.37. The maximum absolute atomic E-state index is 12.1. The summed E-state index contributed by atoms with van der Waals surface area (Å²) in [6.07, 6.45) is 12.0. The van der Waals surface area contributed by atoms with Crippen molar-refractivity contribution < 1.29 is 9.53 Å². The van der Waals surface area contributed by atoms with Crippen LogP contribution in [0.15, 0.2) is 37.2 Å². The van der Waals surface area contributed by atoms with Crippen LogP contribution >= 0.6 is 0 Å². The van der Waals surface area contributed by atoms with Gasteiger partial charge in [-0.2, -0.15) is 0 Å². The molecule has 4 unspecified atom stereocenters. The molecule has 0 spiro atoms. The van der Waals surface area contributed by atoms with Crippen molar-refractivity contribution in [1.29, 1.82) is 0 Å². The Morgan fingerprint density at radius 1 is 1.00 bits per heavy atom. The summed E-state index contributed by atoms with van der Waals surface area (Å²) >= 11 is 0. The third-order valence-corrected chi connectivity index (χ3v) is 6.87. The lowest BCUT2D eigenvalue weighted by Gasteiger charge is -2.25. The fourth-order valence-electron chi connectivity index (χ4n) is 4.78. The Morgan fingerprint density at radius 3 is 2.14 bits per heavy atom. The van der Waals surface area contributed by atoms with E-state index in [1.54, 1.807) is 42.1 Å². The van der Waals surface area contributed by atoms with Crippen LogP contribution in [0.2, 0.25) is 0 Å². The molecule has 0 radical (unpaired) electrons. The van der Waals surface area contributed by atoms with Gasteiger partial charge in [0.1, 0.15) is 17.0 Å². The maximum Gasteiger partial charge on any atom is 0.410 e. The van der Waals surface area contributed by atoms with Crippen molar-refractivity contribution in [3.05, 3.63) is 48.6 Å². The molecule has 2 aliphatic heterocycles. The van der Waals surface area contributed by atoms with Crippen molar-refractivity contribution in [3.8, 4) is 23.7 Å². The zero-order chi connectivity index (χ0) is 24.5. The van der Waals surface area contributed by atoms with E-state index in [0.29, 0.717) is 18.2 Å². The van der Waals surface area contributed by atoms with Gasteiger partial charge >= 0.3 is 6.09 Å². The van der Waals surface area contributed by atoms with Crippen LogP contribution in [0.5, 0.6) is 0 Å². The zero-order valence-corrected chi connectivity index (χ0v) is 20.4. The van der Waals surface area contributed by atoms with Crippen LogP contribution in [0.3, 0.4) is 0 Å². The second-order valence-electron chi connectivity index (χ2n) is 10.8. The van der Waals surface area contributed by atoms with Crippen LogP contribution in [-0.4, -0.2) is 62.7 Å². The molecule has 2 aromatic rings. The van der Waals surface area contributed by atoms with Crippen LogP contribution in [0, 0.1) is 46.3 Å². The number of likely N-dealkylation sites (tertiary alicyclic amines) is 1. The number of hydrogen-bond acceptors (Lipinski definition) is 7. The third kappa shape index (κ3) is 5.44. The smallest absolute Gasteiger partial charge is 0.410 e. The molecule has 0 bridgehead atoms. The van der Waals surface area contributed by atoms with E-state index in [2.05, 4.69) is 48.9 Å². The summed E-state index contributed by atoms with van der Waals surface area (Å²) in [4.78, 5) is 30.1. The van der Waals surface area contributed by atoms with E-state index >= 15 is 0 Å². The molecule has 1 amide bonds. The molecule has 2 saturated heterocycles. The number of amides is 1. The van der Waals surface area contributed by atoms with Crippen molar-refractivity contribution in [3.63, 3.8) is 0 Å². The van der Waals surface area contributed by atoms with Gasteiger partial charge in [-0.15, -0.1) is 0 Å². The third-order valence-electron chi connectivity index (χ3n) is 6.87. The number of nitrogens with zero attached hydrogens (tertiary/aromatic N) is 5. The minimum atomic E-state index is -0.456.